The first-order chi connectivity index (χ1) is 13.7. The quantitative estimate of drug-likeness (QED) is 0.443. The van der Waals surface area contributed by atoms with Crippen LogP contribution in [0.3, 0.4) is 0 Å². The number of nitrogens with zero attached hydrogens (tertiary/aromatic N) is 2. The number of aliphatic carboxylic acids is 1. The van der Waals surface area contributed by atoms with Gasteiger partial charge in [0, 0.05) is 47.8 Å². The lowest BCUT2D eigenvalue weighted by Crippen LogP contribution is -2.63. The first-order valence-electron chi connectivity index (χ1n) is 10.1. The average molecular weight is 425 g/mol. The molecule has 9 nitrogen and oxygen atoms in total. The molecule has 0 aromatic heterocycles. The van der Waals surface area contributed by atoms with E-state index in [9.17, 15) is 24.6 Å². The number of thioether (sulfide) groups is 1. The number of carboxylic acid groups (broad SMARTS) is 1. The summed E-state index contributed by atoms with van der Waals surface area (Å²) in [6.45, 7) is 7.55. The second-order valence-corrected chi connectivity index (χ2v) is 9.95. The third-order valence-corrected chi connectivity index (χ3v) is 7.89. The van der Waals surface area contributed by atoms with Crippen molar-refractivity contribution in [2.45, 2.75) is 56.7 Å². The van der Waals surface area contributed by atoms with Crippen LogP contribution in [0.1, 0.15) is 27.2 Å². The highest BCUT2D eigenvalue weighted by molar-refractivity contribution is 8.03. The molecule has 0 unspecified atom stereocenters. The summed E-state index contributed by atoms with van der Waals surface area (Å²) < 4.78 is 0. The van der Waals surface area contributed by atoms with Crippen LogP contribution in [0.4, 0.5) is 4.79 Å². The molecule has 10 heteroatoms. The van der Waals surface area contributed by atoms with E-state index in [1.54, 1.807) is 6.92 Å². The summed E-state index contributed by atoms with van der Waals surface area (Å²) in [6, 6.07) is -0.00240. The Morgan fingerprint density at radius 3 is 2.66 bits per heavy atom. The molecule has 29 heavy (non-hydrogen) atoms. The molecule has 0 aliphatic carbocycles. The van der Waals surface area contributed by atoms with Gasteiger partial charge in [-0.2, -0.15) is 0 Å². The Labute approximate surface area is 173 Å². The molecule has 0 bridgehead atoms. The summed E-state index contributed by atoms with van der Waals surface area (Å²) in [6.07, 6.45) is 0.0295. The van der Waals surface area contributed by atoms with Crippen LogP contribution in [-0.4, -0.2) is 87.0 Å². The van der Waals surface area contributed by atoms with Gasteiger partial charge in [0.2, 0.25) is 5.91 Å². The van der Waals surface area contributed by atoms with Gasteiger partial charge in [0.25, 0.3) is 0 Å². The maximum absolute atomic E-state index is 12.4. The van der Waals surface area contributed by atoms with Gasteiger partial charge in [-0.25, -0.2) is 9.59 Å². The zero-order valence-electron chi connectivity index (χ0n) is 16.8. The van der Waals surface area contributed by atoms with Crippen molar-refractivity contribution in [3.05, 3.63) is 10.6 Å². The van der Waals surface area contributed by atoms with Gasteiger partial charge in [0.15, 0.2) is 0 Å². The Morgan fingerprint density at radius 1 is 1.34 bits per heavy atom. The first kappa shape index (κ1) is 20.5. The zero-order valence-corrected chi connectivity index (χ0v) is 17.6. The number of β-lactam (4-membered cyclic amide) rings is 1. The highest BCUT2D eigenvalue weighted by Crippen LogP contribution is 2.51. The molecule has 0 saturated carbocycles. The van der Waals surface area contributed by atoms with Gasteiger partial charge in [-0.1, -0.05) is 6.92 Å². The lowest BCUT2D eigenvalue weighted by atomic mass is 9.79. The highest BCUT2D eigenvalue weighted by atomic mass is 32.2. The van der Waals surface area contributed by atoms with Crippen molar-refractivity contribution in [2.75, 3.05) is 19.6 Å². The van der Waals surface area contributed by atoms with Crippen LogP contribution in [0.25, 0.3) is 0 Å². The molecule has 4 N–H and O–H groups in total. The lowest BCUT2D eigenvalue weighted by Gasteiger charge is -2.46. The second kappa shape index (κ2) is 7.48. The summed E-state index contributed by atoms with van der Waals surface area (Å²) in [7, 11) is 0. The predicted octanol–water partition coefficient (Wildman–Crippen LogP) is 0.0175. The molecule has 4 rings (SSSR count). The fourth-order valence-corrected chi connectivity index (χ4v) is 6.57. The molecule has 4 aliphatic heterocycles. The van der Waals surface area contributed by atoms with Crippen molar-refractivity contribution >= 4 is 29.7 Å². The van der Waals surface area contributed by atoms with Crippen LogP contribution < -0.4 is 10.6 Å². The summed E-state index contributed by atoms with van der Waals surface area (Å²) in [4.78, 5) is 40.2. The number of aliphatic hydroxyl groups excluding tert-OH is 1. The Hall–Kier alpha value is -1.78. The number of urea groups is 1. The largest absolute Gasteiger partial charge is 0.477 e. The van der Waals surface area contributed by atoms with Crippen molar-refractivity contribution in [3.8, 4) is 0 Å². The molecule has 0 spiro atoms. The summed E-state index contributed by atoms with van der Waals surface area (Å²) in [5.41, 5.74) is 0.0746. The van der Waals surface area contributed by atoms with E-state index in [0.29, 0.717) is 13.1 Å². The van der Waals surface area contributed by atoms with E-state index in [1.165, 1.54) is 16.7 Å². The fourth-order valence-electron chi connectivity index (χ4n) is 5.05. The zero-order chi connectivity index (χ0) is 21.0. The molecule has 160 valence electrons. The number of rotatable bonds is 6. The molecule has 3 amide bonds. The van der Waals surface area contributed by atoms with E-state index in [-0.39, 0.29) is 46.9 Å². The number of carboxylic acids is 1. The summed E-state index contributed by atoms with van der Waals surface area (Å²) >= 11 is 1.53. The van der Waals surface area contributed by atoms with Crippen LogP contribution in [-0.2, 0) is 9.59 Å². The first-order valence-corrected chi connectivity index (χ1v) is 11.0. The van der Waals surface area contributed by atoms with Gasteiger partial charge in [-0.15, -0.1) is 11.8 Å². The Kier molecular flexibility index (Phi) is 5.28. The van der Waals surface area contributed by atoms with Gasteiger partial charge in [-0.05, 0) is 20.3 Å². The maximum atomic E-state index is 12.4. The van der Waals surface area contributed by atoms with Crippen molar-refractivity contribution in [3.63, 3.8) is 0 Å². The van der Waals surface area contributed by atoms with Crippen molar-refractivity contribution in [2.24, 2.45) is 11.8 Å². The van der Waals surface area contributed by atoms with Gasteiger partial charge in [0.1, 0.15) is 5.70 Å². The molecule has 4 heterocycles. The Bertz CT molecular complexity index is 772. The van der Waals surface area contributed by atoms with E-state index in [2.05, 4.69) is 10.6 Å². The number of amides is 3. The van der Waals surface area contributed by atoms with Gasteiger partial charge in [0.05, 0.1) is 18.1 Å². The number of hydrogen-bond acceptors (Lipinski definition) is 6. The van der Waals surface area contributed by atoms with Crippen molar-refractivity contribution in [1.29, 1.82) is 0 Å². The number of fused-ring (bicyclic) bond motifs is 1. The molecule has 3 fully saturated rings. The molecule has 0 aromatic rings. The van der Waals surface area contributed by atoms with Crippen LogP contribution in [0.2, 0.25) is 0 Å². The van der Waals surface area contributed by atoms with E-state index < -0.39 is 18.0 Å². The SMILES string of the molecule is C[C@@H]1CN(C[C@@H]2C[C@H](SC3=C(C(=O)O)N4C(=O)[C@H]([C@@H](C)O)[C@H]4[C@H]3C)CN2)C(=O)N1. The molecular weight excluding hydrogens is 396 g/mol. The molecule has 4 aliphatic rings. The number of carbonyl (C=O) groups excluding carboxylic acids is 2. The fraction of sp³-hybridized carbons (Fsp3) is 0.737. The average Bonchev–Trinajstić information content (AvgIpc) is 3.26. The van der Waals surface area contributed by atoms with Crippen LogP contribution in [0.5, 0.6) is 0 Å². The van der Waals surface area contributed by atoms with Gasteiger partial charge in [-0.3, -0.25) is 4.79 Å². The number of carbonyl (C=O) groups is 3. The third-order valence-electron chi connectivity index (χ3n) is 6.38. The monoisotopic (exact) mass is 424 g/mol. The van der Waals surface area contributed by atoms with E-state index in [0.717, 1.165) is 17.9 Å². The third kappa shape index (κ3) is 3.40. The summed E-state index contributed by atoms with van der Waals surface area (Å²) in [5, 5.41) is 26.2. The minimum absolute atomic E-state index is 0.0391. The number of aliphatic hydroxyl groups is 1. The van der Waals surface area contributed by atoms with Crippen LogP contribution in [0, 0.1) is 11.8 Å². The predicted molar refractivity (Wildman–Crippen MR) is 107 cm³/mol. The lowest BCUT2D eigenvalue weighted by molar-refractivity contribution is -0.163. The number of nitrogens with one attached hydrogen (secondary N) is 2. The van der Waals surface area contributed by atoms with Crippen molar-refractivity contribution < 1.29 is 24.6 Å². The maximum Gasteiger partial charge on any atom is 0.353 e. The minimum atomic E-state index is -1.09. The van der Waals surface area contributed by atoms with Crippen LogP contribution in [0.15, 0.2) is 10.6 Å². The topological polar surface area (TPSA) is 122 Å². The van der Waals surface area contributed by atoms with E-state index >= 15 is 0 Å². The molecule has 0 radical (unpaired) electrons. The molecule has 7 atom stereocenters. The Morgan fingerprint density at radius 2 is 2.07 bits per heavy atom. The van der Waals surface area contributed by atoms with E-state index in [1.807, 2.05) is 18.7 Å². The van der Waals surface area contributed by atoms with Gasteiger partial charge < -0.3 is 30.6 Å². The highest BCUT2D eigenvalue weighted by Gasteiger charge is 2.60. The van der Waals surface area contributed by atoms with Crippen molar-refractivity contribution in [1.82, 2.24) is 20.4 Å². The smallest absolute Gasteiger partial charge is 0.353 e. The van der Waals surface area contributed by atoms with Gasteiger partial charge >= 0.3 is 12.0 Å². The van der Waals surface area contributed by atoms with E-state index in [4.69, 9.17) is 0 Å². The Balaban J connectivity index is 1.43. The minimum Gasteiger partial charge on any atom is -0.477 e. The second-order valence-electron chi connectivity index (χ2n) is 8.61. The molecular formula is C19H28N4O5S. The normalized spacial score (nSPS) is 37.7. The molecule has 3 saturated heterocycles. The summed E-state index contributed by atoms with van der Waals surface area (Å²) in [5.74, 6) is -2.05. The molecule has 0 aromatic carbocycles. The van der Waals surface area contributed by atoms with Crippen LogP contribution >= 0.6 is 11.8 Å². The number of hydrogen-bond donors (Lipinski definition) is 4. The standard InChI is InChI=1S/C19H28N4O5S/c1-8-6-22(19(28)21-8)7-11-4-12(5-20-11)29-16-9(2)14-13(10(3)24)17(25)23(14)15(16)18(26)27/h8-14,20,24H,4-7H2,1-3H3,(H,21,28)(H,26,27)/t8-,9-,10-,11+,12+,13-,14-/m1/s1.